The summed E-state index contributed by atoms with van der Waals surface area (Å²) in [6, 6.07) is 6.40. The fourth-order valence-corrected chi connectivity index (χ4v) is 2.77. The largest absolute Gasteiger partial charge is 0.508 e. The molecular weight excluding hydrogens is 198 g/mol. The van der Waals surface area contributed by atoms with E-state index in [-0.39, 0.29) is 0 Å². The van der Waals surface area contributed by atoms with E-state index in [0.717, 1.165) is 24.9 Å². The van der Waals surface area contributed by atoms with Gasteiger partial charge in [-0.15, -0.1) is 0 Å². The van der Waals surface area contributed by atoms with E-state index in [1.54, 1.807) is 6.07 Å². The van der Waals surface area contributed by atoms with Gasteiger partial charge in [-0.2, -0.15) is 0 Å². The lowest BCUT2D eigenvalue weighted by atomic mass is 10.1. The molecule has 0 aromatic heterocycles. The highest BCUT2D eigenvalue weighted by Crippen LogP contribution is 2.39. The Kier molecular flexibility index (Phi) is 3.20. The van der Waals surface area contributed by atoms with E-state index in [2.05, 4.69) is 31.9 Å². The Balaban J connectivity index is 2.20. The van der Waals surface area contributed by atoms with Gasteiger partial charge in [0.05, 0.1) is 0 Å². The van der Waals surface area contributed by atoms with Gasteiger partial charge in [0.2, 0.25) is 0 Å². The number of nitrogens with zero attached hydrogens (tertiary/aromatic N) is 1. The molecule has 1 N–H and O–H groups in total. The summed E-state index contributed by atoms with van der Waals surface area (Å²) < 4.78 is 0. The maximum absolute atomic E-state index is 9.79. The SMILES string of the molecule is CC(C)CN(C)C1CCc2c(O)cccc21. The lowest BCUT2D eigenvalue weighted by molar-refractivity contribution is 0.218. The zero-order valence-electron chi connectivity index (χ0n) is 10.4. The molecule has 0 bridgehead atoms. The Bertz CT molecular complexity index is 373. The molecule has 16 heavy (non-hydrogen) atoms. The molecule has 1 atom stereocenters. The number of phenols is 1. The van der Waals surface area contributed by atoms with Gasteiger partial charge in [0.25, 0.3) is 0 Å². The molecule has 0 saturated carbocycles. The van der Waals surface area contributed by atoms with Crippen molar-refractivity contribution >= 4 is 0 Å². The number of hydrogen-bond donors (Lipinski definition) is 1. The van der Waals surface area contributed by atoms with Crippen LogP contribution in [-0.4, -0.2) is 23.6 Å². The first kappa shape index (κ1) is 11.5. The number of benzene rings is 1. The average molecular weight is 219 g/mol. The number of phenolic OH excluding ortho intramolecular Hbond substituents is 1. The van der Waals surface area contributed by atoms with Crippen LogP contribution in [-0.2, 0) is 6.42 Å². The highest BCUT2D eigenvalue weighted by molar-refractivity contribution is 5.44. The second-order valence-corrected chi connectivity index (χ2v) is 5.23. The summed E-state index contributed by atoms with van der Waals surface area (Å²) in [5.41, 5.74) is 2.48. The molecule has 0 spiro atoms. The van der Waals surface area contributed by atoms with E-state index in [1.165, 1.54) is 5.56 Å². The predicted molar refractivity (Wildman–Crippen MR) is 66.6 cm³/mol. The molecule has 1 unspecified atom stereocenters. The van der Waals surface area contributed by atoms with E-state index in [0.29, 0.717) is 17.7 Å². The Morgan fingerprint density at radius 1 is 1.44 bits per heavy atom. The van der Waals surface area contributed by atoms with Crippen molar-refractivity contribution in [2.24, 2.45) is 5.92 Å². The zero-order valence-corrected chi connectivity index (χ0v) is 10.4. The van der Waals surface area contributed by atoms with Gasteiger partial charge in [0, 0.05) is 12.6 Å². The topological polar surface area (TPSA) is 23.5 Å². The van der Waals surface area contributed by atoms with Crippen LogP contribution in [0.4, 0.5) is 0 Å². The summed E-state index contributed by atoms with van der Waals surface area (Å²) in [5.74, 6) is 1.16. The Morgan fingerprint density at radius 3 is 2.88 bits per heavy atom. The molecule has 88 valence electrons. The summed E-state index contributed by atoms with van der Waals surface area (Å²) in [6.07, 6.45) is 2.14. The monoisotopic (exact) mass is 219 g/mol. The third-order valence-corrected chi connectivity index (χ3v) is 3.40. The smallest absolute Gasteiger partial charge is 0.119 e. The van der Waals surface area contributed by atoms with Crippen LogP contribution in [0.5, 0.6) is 5.75 Å². The van der Waals surface area contributed by atoms with E-state index >= 15 is 0 Å². The van der Waals surface area contributed by atoms with Crippen molar-refractivity contribution in [2.75, 3.05) is 13.6 Å². The Hall–Kier alpha value is -1.02. The minimum absolute atomic E-state index is 0.470. The Labute approximate surface area is 97.9 Å². The average Bonchev–Trinajstić information content (AvgIpc) is 2.61. The van der Waals surface area contributed by atoms with Gasteiger partial charge in [-0.3, -0.25) is 4.90 Å². The third kappa shape index (κ3) is 2.07. The van der Waals surface area contributed by atoms with Crippen LogP contribution in [0.25, 0.3) is 0 Å². The van der Waals surface area contributed by atoms with E-state index in [9.17, 15) is 5.11 Å². The highest BCUT2D eigenvalue weighted by atomic mass is 16.3. The maximum atomic E-state index is 9.79. The second-order valence-electron chi connectivity index (χ2n) is 5.23. The van der Waals surface area contributed by atoms with Crippen LogP contribution >= 0.6 is 0 Å². The van der Waals surface area contributed by atoms with Crippen molar-refractivity contribution in [2.45, 2.75) is 32.7 Å². The summed E-state index contributed by atoms with van der Waals surface area (Å²) >= 11 is 0. The first-order chi connectivity index (χ1) is 7.59. The normalized spacial score (nSPS) is 19.4. The number of aromatic hydroxyl groups is 1. The molecule has 0 heterocycles. The van der Waals surface area contributed by atoms with Crippen molar-refractivity contribution in [1.29, 1.82) is 0 Å². The molecule has 0 amide bonds. The molecule has 1 aliphatic rings. The van der Waals surface area contributed by atoms with Crippen LogP contribution in [0.3, 0.4) is 0 Å². The van der Waals surface area contributed by atoms with Crippen LogP contribution < -0.4 is 0 Å². The fourth-order valence-electron chi connectivity index (χ4n) is 2.77. The molecule has 2 rings (SSSR count). The number of rotatable bonds is 3. The molecule has 0 radical (unpaired) electrons. The summed E-state index contributed by atoms with van der Waals surface area (Å²) in [4.78, 5) is 2.41. The number of fused-ring (bicyclic) bond motifs is 1. The van der Waals surface area contributed by atoms with Gasteiger partial charge in [-0.05, 0) is 43.0 Å². The van der Waals surface area contributed by atoms with Gasteiger partial charge in [0.15, 0.2) is 0 Å². The lowest BCUT2D eigenvalue weighted by Crippen LogP contribution is -2.26. The summed E-state index contributed by atoms with van der Waals surface area (Å²) in [7, 11) is 2.18. The highest BCUT2D eigenvalue weighted by Gasteiger charge is 2.27. The van der Waals surface area contributed by atoms with Crippen molar-refractivity contribution < 1.29 is 5.11 Å². The van der Waals surface area contributed by atoms with Gasteiger partial charge in [-0.1, -0.05) is 26.0 Å². The minimum Gasteiger partial charge on any atom is -0.508 e. The number of hydrogen-bond acceptors (Lipinski definition) is 2. The molecule has 0 saturated heterocycles. The molecule has 1 aliphatic carbocycles. The lowest BCUT2D eigenvalue weighted by Gasteiger charge is -2.26. The van der Waals surface area contributed by atoms with Crippen LogP contribution in [0.15, 0.2) is 18.2 Å². The third-order valence-electron chi connectivity index (χ3n) is 3.40. The van der Waals surface area contributed by atoms with E-state index in [4.69, 9.17) is 0 Å². The van der Waals surface area contributed by atoms with Crippen molar-refractivity contribution in [1.82, 2.24) is 4.90 Å². The molecule has 2 nitrogen and oxygen atoms in total. The van der Waals surface area contributed by atoms with E-state index in [1.807, 2.05) is 6.07 Å². The first-order valence-corrected chi connectivity index (χ1v) is 6.10. The summed E-state index contributed by atoms with van der Waals surface area (Å²) in [5, 5.41) is 9.79. The molecule has 0 fully saturated rings. The Morgan fingerprint density at radius 2 is 2.19 bits per heavy atom. The van der Waals surface area contributed by atoms with Crippen LogP contribution in [0.2, 0.25) is 0 Å². The fraction of sp³-hybridized carbons (Fsp3) is 0.571. The van der Waals surface area contributed by atoms with Gasteiger partial charge in [0.1, 0.15) is 5.75 Å². The predicted octanol–water partition coefficient (Wildman–Crippen LogP) is 2.97. The van der Waals surface area contributed by atoms with Gasteiger partial charge < -0.3 is 5.11 Å². The quantitative estimate of drug-likeness (QED) is 0.845. The van der Waals surface area contributed by atoms with Crippen molar-refractivity contribution in [3.05, 3.63) is 29.3 Å². The maximum Gasteiger partial charge on any atom is 0.119 e. The molecule has 1 aromatic carbocycles. The molecule has 2 heteroatoms. The van der Waals surface area contributed by atoms with Crippen molar-refractivity contribution in [3.63, 3.8) is 0 Å². The minimum atomic E-state index is 0.470. The van der Waals surface area contributed by atoms with Gasteiger partial charge in [-0.25, -0.2) is 0 Å². The van der Waals surface area contributed by atoms with E-state index < -0.39 is 0 Å². The zero-order chi connectivity index (χ0) is 11.7. The van der Waals surface area contributed by atoms with Crippen LogP contribution in [0, 0.1) is 5.92 Å². The molecule has 0 aliphatic heterocycles. The molecule has 1 aromatic rings. The van der Waals surface area contributed by atoms with Crippen molar-refractivity contribution in [3.8, 4) is 5.75 Å². The second kappa shape index (κ2) is 4.46. The first-order valence-electron chi connectivity index (χ1n) is 6.10. The summed E-state index contributed by atoms with van der Waals surface area (Å²) in [6.45, 7) is 5.60. The van der Waals surface area contributed by atoms with Crippen LogP contribution in [0.1, 0.15) is 37.4 Å². The van der Waals surface area contributed by atoms with Gasteiger partial charge >= 0.3 is 0 Å². The molecular formula is C14H21NO. The standard InChI is InChI=1S/C14H21NO/c1-10(2)9-15(3)13-8-7-12-11(13)5-4-6-14(12)16/h4-6,10,13,16H,7-9H2,1-3H3.